The largest absolute Gasteiger partial charge is 0.369 e. The van der Waals surface area contributed by atoms with E-state index in [0.29, 0.717) is 22.0 Å². The molecule has 0 atom stereocenters. The van der Waals surface area contributed by atoms with Crippen LogP contribution >= 0.6 is 23.1 Å². The van der Waals surface area contributed by atoms with Crippen LogP contribution < -0.4 is 15.5 Å². The molecule has 0 radical (unpaired) electrons. The average Bonchev–Trinajstić information content (AvgIpc) is 3.33. The Morgan fingerprint density at radius 1 is 1.17 bits per heavy atom. The second-order valence-electron chi connectivity index (χ2n) is 6.89. The van der Waals surface area contributed by atoms with Gasteiger partial charge in [0.25, 0.3) is 0 Å². The molecule has 30 heavy (non-hydrogen) atoms. The Kier molecular flexibility index (Phi) is 6.08. The van der Waals surface area contributed by atoms with Crippen LogP contribution in [0.2, 0.25) is 5.02 Å². The smallest absolute Gasteiger partial charge is 0.153 e. The Bertz CT molecular complexity index is 1180. The predicted octanol–water partition coefficient (Wildman–Crippen LogP) is 5.15. The van der Waals surface area contributed by atoms with Crippen molar-refractivity contribution in [1.82, 2.24) is 19.5 Å². The number of hydrogen-bond donors (Lipinski definition) is 2. The number of piperazine rings is 1. The van der Waals surface area contributed by atoms with Crippen LogP contribution in [0.4, 0.5) is 21.6 Å². The number of halogens is 2. The molecule has 0 amide bonds. The predicted molar refractivity (Wildman–Crippen MR) is 125 cm³/mol. The van der Waals surface area contributed by atoms with E-state index >= 15 is 0 Å². The van der Waals surface area contributed by atoms with Crippen LogP contribution in [0.3, 0.4) is 0 Å². The van der Waals surface area contributed by atoms with Gasteiger partial charge in [-0.1, -0.05) is 25.4 Å². The maximum atomic E-state index is 14.4. The number of nitrogens with zero attached hydrogens (tertiary/aromatic N) is 4. The molecule has 0 saturated carbocycles. The highest BCUT2D eigenvalue weighted by molar-refractivity contribution is 7.14. The Morgan fingerprint density at radius 2 is 1.93 bits per heavy atom. The number of hydrogen-bond acceptors (Lipinski definition) is 6. The van der Waals surface area contributed by atoms with Gasteiger partial charge in [0.15, 0.2) is 11.6 Å². The third-order valence-corrected chi connectivity index (χ3v) is 6.02. The number of anilines is 3. The molecule has 0 aliphatic carbocycles. The summed E-state index contributed by atoms with van der Waals surface area (Å²) < 4.78 is 21.5. The zero-order chi connectivity index (χ0) is 21.3. The quantitative estimate of drug-likeness (QED) is 0.455. The fourth-order valence-electron chi connectivity index (χ4n) is 3.62. The maximum Gasteiger partial charge on any atom is 0.153 e. The molecule has 1 aliphatic heterocycles. The van der Waals surface area contributed by atoms with Gasteiger partial charge >= 0.3 is 0 Å². The van der Waals surface area contributed by atoms with Crippen molar-refractivity contribution in [2.45, 2.75) is 13.8 Å². The zero-order valence-corrected chi connectivity index (χ0v) is 18.7. The van der Waals surface area contributed by atoms with Gasteiger partial charge in [0.1, 0.15) is 5.52 Å². The van der Waals surface area contributed by atoms with E-state index in [1.165, 1.54) is 17.6 Å². The molecular formula is C21H24ClFN6S. The summed E-state index contributed by atoms with van der Waals surface area (Å²) in [5, 5.41) is 13.0. The molecule has 2 aromatic carbocycles. The van der Waals surface area contributed by atoms with Crippen molar-refractivity contribution in [1.29, 1.82) is 0 Å². The molecule has 1 saturated heterocycles. The number of benzene rings is 2. The monoisotopic (exact) mass is 446 g/mol. The minimum Gasteiger partial charge on any atom is -0.369 e. The van der Waals surface area contributed by atoms with E-state index in [2.05, 4.69) is 31.1 Å². The lowest BCUT2D eigenvalue weighted by molar-refractivity contribution is 0.589. The van der Waals surface area contributed by atoms with Crippen molar-refractivity contribution >= 4 is 61.3 Å². The summed E-state index contributed by atoms with van der Waals surface area (Å²) in [5.41, 5.74) is 2.08. The van der Waals surface area contributed by atoms with Gasteiger partial charge in [-0.15, -0.1) is 0 Å². The van der Waals surface area contributed by atoms with Gasteiger partial charge in [0.2, 0.25) is 0 Å². The zero-order valence-electron chi connectivity index (χ0n) is 17.2. The van der Waals surface area contributed by atoms with Crippen molar-refractivity contribution in [3.63, 3.8) is 0 Å². The Balaban J connectivity index is 0.00000106. The van der Waals surface area contributed by atoms with E-state index < -0.39 is 0 Å². The summed E-state index contributed by atoms with van der Waals surface area (Å²) in [6, 6.07) is 7.41. The van der Waals surface area contributed by atoms with Gasteiger partial charge < -0.3 is 15.5 Å². The molecule has 158 valence electrons. The average molecular weight is 447 g/mol. The lowest BCUT2D eigenvalue weighted by Crippen LogP contribution is -2.43. The molecule has 1 aliphatic rings. The fraction of sp³-hybridized carbons (Fsp3) is 0.333. The number of aryl methyl sites for hydroxylation is 1. The highest BCUT2D eigenvalue weighted by atomic mass is 35.5. The van der Waals surface area contributed by atoms with Crippen LogP contribution in [-0.2, 0) is 7.05 Å². The molecule has 1 fully saturated rings. The second-order valence-corrected chi connectivity index (χ2v) is 8.10. The van der Waals surface area contributed by atoms with Crippen molar-refractivity contribution in [2.75, 3.05) is 36.4 Å². The summed E-state index contributed by atoms with van der Waals surface area (Å²) in [6.45, 7) is 7.84. The summed E-state index contributed by atoms with van der Waals surface area (Å²) >= 11 is 8.01. The third-order valence-electron chi connectivity index (χ3n) is 4.93. The van der Waals surface area contributed by atoms with Crippen molar-refractivity contribution in [3.05, 3.63) is 41.3 Å². The number of fused-ring (bicyclic) bond motifs is 2. The van der Waals surface area contributed by atoms with E-state index in [0.717, 1.165) is 47.3 Å². The summed E-state index contributed by atoms with van der Waals surface area (Å²) in [7, 11) is 1.77. The SMILES string of the molecule is CC.Cn1cc2cc(Nc3nsc4cc(N5CCNCC5)cc(Cl)c34)cc(F)c2n1. The molecule has 0 bridgehead atoms. The number of rotatable bonds is 3. The Morgan fingerprint density at radius 3 is 2.70 bits per heavy atom. The van der Waals surface area contributed by atoms with Crippen molar-refractivity contribution in [2.24, 2.45) is 7.05 Å². The molecular weight excluding hydrogens is 423 g/mol. The second kappa shape index (κ2) is 8.75. The summed E-state index contributed by atoms with van der Waals surface area (Å²) in [5.74, 6) is 0.270. The van der Waals surface area contributed by atoms with E-state index in [9.17, 15) is 4.39 Å². The van der Waals surface area contributed by atoms with Gasteiger partial charge in [-0.3, -0.25) is 4.68 Å². The first-order valence-electron chi connectivity index (χ1n) is 10.0. The topological polar surface area (TPSA) is 58.0 Å². The van der Waals surface area contributed by atoms with Gasteiger partial charge in [-0.05, 0) is 35.8 Å². The van der Waals surface area contributed by atoms with Gasteiger partial charge in [0, 0.05) is 56.2 Å². The first kappa shape index (κ1) is 20.8. The molecule has 3 heterocycles. The molecule has 0 unspecified atom stereocenters. The lowest BCUT2D eigenvalue weighted by atomic mass is 10.2. The Hall–Kier alpha value is -2.42. The van der Waals surface area contributed by atoms with Crippen LogP contribution in [0.15, 0.2) is 30.5 Å². The standard InChI is InChI=1S/C19H18ClFN6S.C2H6/c1-26-10-11-6-12(7-15(21)18(11)24-26)23-19-17-14(20)8-13(9-16(17)28-25-19)27-4-2-22-3-5-27;1-2/h6-10,22H,2-5H2,1H3,(H,23,25);1-2H3. The van der Waals surface area contributed by atoms with Crippen molar-refractivity contribution in [3.8, 4) is 0 Å². The summed E-state index contributed by atoms with van der Waals surface area (Å²) in [6.07, 6.45) is 1.79. The minimum atomic E-state index is -0.368. The van der Waals surface area contributed by atoms with E-state index in [1.54, 1.807) is 17.9 Å². The van der Waals surface area contributed by atoms with Gasteiger partial charge in [-0.2, -0.15) is 9.47 Å². The van der Waals surface area contributed by atoms with Crippen LogP contribution in [0.5, 0.6) is 0 Å². The molecule has 6 nitrogen and oxygen atoms in total. The molecule has 4 aromatic rings. The molecule has 2 N–H and O–H groups in total. The lowest BCUT2D eigenvalue weighted by Gasteiger charge is -2.29. The summed E-state index contributed by atoms with van der Waals surface area (Å²) in [4.78, 5) is 2.32. The van der Waals surface area contributed by atoms with Crippen LogP contribution in [0.1, 0.15) is 13.8 Å². The minimum absolute atomic E-state index is 0.356. The molecule has 0 spiro atoms. The normalized spacial score (nSPS) is 14.1. The van der Waals surface area contributed by atoms with E-state index in [1.807, 2.05) is 26.0 Å². The maximum absolute atomic E-state index is 14.4. The molecule has 9 heteroatoms. The van der Waals surface area contributed by atoms with Crippen LogP contribution in [0, 0.1) is 5.82 Å². The van der Waals surface area contributed by atoms with E-state index in [-0.39, 0.29) is 5.82 Å². The molecule has 5 rings (SSSR count). The number of aromatic nitrogens is 3. The van der Waals surface area contributed by atoms with Gasteiger partial charge in [0.05, 0.1) is 15.1 Å². The third kappa shape index (κ3) is 3.95. The first-order valence-corrected chi connectivity index (χ1v) is 11.2. The van der Waals surface area contributed by atoms with E-state index in [4.69, 9.17) is 11.6 Å². The fourth-order valence-corrected chi connectivity index (χ4v) is 4.78. The highest BCUT2D eigenvalue weighted by Crippen LogP contribution is 2.38. The Labute approximate surface area is 183 Å². The molecule has 2 aromatic heterocycles. The van der Waals surface area contributed by atoms with Crippen molar-refractivity contribution < 1.29 is 4.39 Å². The van der Waals surface area contributed by atoms with Gasteiger partial charge in [-0.25, -0.2) is 4.39 Å². The number of nitrogens with one attached hydrogen (secondary N) is 2. The highest BCUT2D eigenvalue weighted by Gasteiger charge is 2.17. The van der Waals surface area contributed by atoms with Crippen LogP contribution in [-0.4, -0.2) is 40.3 Å². The first-order chi connectivity index (χ1) is 14.6. The van der Waals surface area contributed by atoms with Crippen LogP contribution in [0.25, 0.3) is 21.0 Å².